The van der Waals surface area contributed by atoms with Gasteiger partial charge in [-0.15, -0.1) is 10.2 Å². The van der Waals surface area contributed by atoms with E-state index in [4.69, 9.17) is 17.3 Å². The van der Waals surface area contributed by atoms with Crippen LogP contribution in [0.15, 0.2) is 18.3 Å². The van der Waals surface area contributed by atoms with Crippen molar-refractivity contribution in [3.05, 3.63) is 34.7 Å². The maximum atomic E-state index is 5.70. The number of rotatable bonds is 4. The molecule has 0 aliphatic heterocycles. The average molecular weight is 252 g/mol. The van der Waals surface area contributed by atoms with Crippen molar-refractivity contribution >= 4 is 11.6 Å². The smallest absolute Gasteiger partial charge is 0.176 e. The van der Waals surface area contributed by atoms with E-state index in [1.807, 2.05) is 13.1 Å². The molecule has 6 heteroatoms. The predicted octanol–water partition coefficient (Wildman–Crippen LogP) is 1.52. The predicted molar refractivity (Wildman–Crippen MR) is 66.3 cm³/mol. The van der Waals surface area contributed by atoms with Crippen LogP contribution < -0.4 is 5.73 Å². The van der Waals surface area contributed by atoms with Crippen LogP contribution in [0.1, 0.15) is 17.7 Å². The Hall–Kier alpha value is -1.46. The molecule has 2 N–H and O–H groups in total. The van der Waals surface area contributed by atoms with Gasteiger partial charge < -0.3 is 5.73 Å². The van der Waals surface area contributed by atoms with Gasteiger partial charge in [-0.25, -0.2) is 4.68 Å². The molecule has 0 aliphatic carbocycles. The molecule has 0 aliphatic rings. The lowest BCUT2D eigenvalue weighted by Gasteiger charge is -2.03. The Balaban J connectivity index is 2.27. The van der Waals surface area contributed by atoms with Gasteiger partial charge in [0, 0.05) is 5.69 Å². The van der Waals surface area contributed by atoms with E-state index in [1.54, 1.807) is 16.8 Å². The number of aryl methyl sites for hydroxylation is 1. The van der Waals surface area contributed by atoms with Gasteiger partial charge in [0.05, 0.1) is 6.20 Å². The molecule has 0 bridgehead atoms. The van der Waals surface area contributed by atoms with Crippen LogP contribution in [0.3, 0.4) is 0 Å². The van der Waals surface area contributed by atoms with E-state index < -0.39 is 0 Å². The van der Waals surface area contributed by atoms with E-state index in [0.717, 1.165) is 18.5 Å². The number of hydrogen-bond donors (Lipinski definition) is 1. The van der Waals surface area contributed by atoms with Crippen LogP contribution in [0.5, 0.6) is 0 Å². The molecule has 0 amide bonds. The second kappa shape index (κ2) is 5.25. The van der Waals surface area contributed by atoms with Crippen molar-refractivity contribution in [3.63, 3.8) is 0 Å². The highest BCUT2D eigenvalue weighted by atomic mass is 35.5. The maximum Gasteiger partial charge on any atom is 0.176 e. The number of halogens is 1. The lowest BCUT2D eigenvalue weighted by atomic mass is 10.1. The molecule has 0 fully saturated rings. The molecule has 2 aromatic heterocycles. The summed E-state index contributed by atoms with van der Waals surface area (Å²) >= 11 is 5.70. The Morgan fingerprint density at radius 1 is 1.35 bits per heavy atom. The van der Waals surface area contributed by atoms with E-state index in [2.05, 4.69) is 15.3 Å². The summed E-state index contributed by atoms with van der Waals surface area (Å²) in [5.74, 6) is 0.672. The first kappa shape index (κ1) is 12.0. The molecule has 90 valence electrons. The largest absolute Gasteiger partial charge is 0.330 e. The third-order valence-corrected chi connectivity index (χ3v) is 2.80. The van der Waals surface area contributed by atoms with Gasteiger partial charge in [0.15, 0.2) is 11.0 Å². The third kappa shape index (κ3) is 2.62. The van der Waals surface area contributed by atoms with Crippen molar-refractivity contribution in [3.8, 4) is 5.82 Å². The van der Waals surface area contributed by atoms with Crippen LogP contribution in [0.4, 0.5) is 0 Å². The molecular weight excluding hydrogens is 238 g/mol. The fraction of sp³-hybridized carbons (Fsp3) is 0.364. The van der Waals surface area contributed by atoms with Gasteiger partial charge in [-0.05, 0) is 44.0 Å². The molecule has 2 rings (SSSR count). The quantitative estimate of drug-likeness (QED) is 0.894. The first-order valence-electron chi connectivity index (χ1n) is 5.45. The lowest BCUT2D eigenvalue weighted by molar-refractivity contribution is 0.782. The zero-order chi connectivity index (χ0) is 12.3. The highest BCUT2D eigenvalue weighted by Gasteiger charge is 2.08. The minimum Gasteiger partial charge on any atom is -0.330 e. The molecule has 0 atom stereocenters. The van der Waals surface area contributed by atoms with Gasteiger partial charge in [0.1, 0.15) is 0 Å². The van der Waals surface area contributed by atoms with Crippen LogP contribution in [0.2, 0.25) is 5.15 Å². The Morgan fingerprint density at radius 3 is 2.82 bits per heavy atom. The zero-order valence-corrected chi connectivity index (χ0v) is 10.4. The van der Waals surface area contributed by atoms with E-state index >= 15 is 0 Å². The van der Waals surface area contributed by atoms with Crippen molar-refractivity contribution in [2.24, 2.45) is 5.73 Å². The maximum absolute atomic E-state index is 5.70. The molecule has 0 aromatic carbocycles. The summed E-state index contributed by atoms with van der Waals surface area (Å²) in [6.45, 7) is 2.69. The van der Waals surface area contributed by atoms with Crippen molar-refractivity contribution in [1.82, 2.24) is 20.0 Å². The summed E-state index contributed by atoms with van der Waals surface area (Å²) in [6, 6.07) is 3.49. The highest BCUT2D eigenvalue weighted by molar-refractivity contribution is 6.29. The SMILES string of the molecule is Cc1c(CCCN)cnn1-c1ccc(Cl)nn1. The fourth-order valence-corrected chi connectivity index (χ4v) is 1.74. The van der Waals surface area contributed by atoms with Gasteiger partial charge in [-0.3, -0.25) is 0 Å². The van der Waals surface area contributed by atoms with Crippen molar-refractivity contribution in [2.75, 3.05) is 6.54 Å². The Kier molecular flexibility index (Phi) is 3.71. The second-order valence-corrected chi connectivity index (χ2v) is 4.16. The fourth-order valence-electron chi connectivity index (χ4n) is 1.63. The van der Waals surface area contributed by atoms with Crippen molar-refractivity contribution < 1.29 is 0 Å². The molecule has 17 heavy (non-hydrogen) atoms. The Bertz CT molecular complexity index is 491. The van der Waals surface area contributed by atoms with Gasteiger partial charge in [0.25, 0.3) is 0 Å². The normalized spacial score (nSPS) is 10.8. The lowest BCUT2D eigenvalue weighted by Crippen LogP contribution is -2.04. The molecule has 0 spiro atoms. The molecule has 0 saturated heterocycles. The number of nitrogens with two attached hydrogens (primary N) is 1. The van der Waals surface area contributed by atoms with Gasteiger partial charge in [-0.2, -0.15) is 5.10 Å². The number of nitrogens with zero attached hydrogens (tertiary/aromatic N) is 4. The van der Waals surface area contributed by atoms with Crippen LogP contribution >= 0.6 is 11.6 Å². The van der Waals surface area contributed by atoms with Crippen molar-refractivity contribution in [1.29, 1.82) is 0 Å². The summed E-state index contributed by atoms with van der Waals surface area (Å²) in [4.78, 5) is 0. The molecule has 0 unspecified atom stereocenters. The van der Waals surface area contributed by atoms with Gasteiger partial charge >= 0.3 is 0 Å². The summed E-state index contributed by atoms with van der Waals surface area (Å²) in [5.41, 5.74) is 7.75. The molecule has 2 heterocycles. The monoisotopic (exact) mass is 251 g/mol. The molecule has 0 radical (unpaired) electrons. The highest BCUT2D eigenvalue weighted by Crippen LogP contribution is 2.14. The van der Waals surface area contributed by atoms with Crippen molar-refractivity contribution in [2.45, 2.75) is 19.8 Å². The molecule has 5 nitrogen and oxygen atoms in total. The van der Waals surface area contributed by atoms with Crippen LogP contribution in [0.25, 0.3) is 5.82 Å². The third-order valence-electron chi connectivity index (χ3n) is 2.60. The van der Waals surface area contributed by atoms with Crippen LogP contribution in [-0.4, -0.2) is 26.5 Å². The first-order chi connectivity index (χ1) is 8.22. The van der Waals surface area contributed by atoms with E-state index in [9.17, 15) is 0 Å². The molecular formula is C11H14ClN5. The van der Waals surface area contributed by atoms with E-state index in [1.165, 1.54) is 5.56 Å². The molecule has 2 aromatic rings. The zero-order valence-electron chi connectivity index (χ0n) is 9.60. The van der Waals surface area contributed by atoms with Gasteiger partial charge in [-0.1, -0.05) is 11.6 Å². The van der Waals surface area contributed by atoms with Gasteiger partial charge in [0.2, 0.25) is 0 Å². The average Bonchev–Trinajstić information content (AvgIpc) is 2.69. The minimum absolute atomic E-state index is 0.377. The first-order valence-corrected chi connectivity index (χ1v) is 5.83. The second-order valence-electron chi connectivity index (χ2n) is 3.77. The van der Waals surface area contributed by atoms with E-state index in [0.29, 0.717) is 17.5 Å². The number of hydrogen-bond acceptors (Lipinski definition) is 4. The Morgan fingerprint density at radius 2 is 2.18 bits per heavy atom. The number of aromatic nitrogens is 4. The standard InChI is InChI=1S/C11H14ClN5/c1-8-9(3-2-6-13)7-14-17(8)11-5-4-10(12)15-16-11/h4-5,7H,2-3,6,13H2,1H3. The van der Waals surface area contributed by atoms with E-state index in [-0.39, 0.29) is 0 Å². The van der Waals surface area contributed by atoms with Crippen LogP contribution in [-0.2, 0) is 6.42 Å². The summed E-state index contributed by atoms with van der Waals surface area (Å²) in [6.07, 6.45) is 3.74. The van der Waals surface area contributed by atoms with Crippen LogP contribution in [0, 0.1) is 6.92 Å². The summed E-state index contributed by atoms with van der Waals surface area (Å²) < 4.78 is 1.76. The molecule has 0 saturated carbocycles. The minimum atomic E-state index is 0.377. The summed E-state index contributed by atoms with van der Waals surface area (Å²) in [5, 5.41) is 12.5. The Labute approximate surface area is 105 Å². The topological polar surface area (TPSA) is 69.6 Å². The summed E-state index contributed by atoms with van der Waals surface area (Å²) in [7, 11) is 0.